The summed E-state index contributed by atoms with van der Waals surface area (Å²) >= 11 is 0. The van der Waals surface area contributed by atoms with E-state index in [1.54, 1.807) is 0 Å². The predicted octanol–water partition coefficient (Wildman–Crippen LogP) is 4.56. The standard InChI is InChI=1S/C20H21NO2/c22-20(14-16-6-4-5-7-16)21-18-10-12-19(13-11-18)23-15-17-8-2-1-3-9-17/h1-4,6,8-13,16H,5,7,14-15H2,(H,21,22)/t16-/m1/s1. The van der Waals surface area contributed by atoms with Gasteiger partial charge in [0.05, 0.1) is 0 Å². The summed E-state index contributed by atoms with van der Waals surface area (Å²) in [6, 6.07) is 17.6. The third-order valence-corrected chi connectivity index (χ3v) is 3.95. The van der Waals surface area contributed by atoms with Gasteiger partial charge in [-0.15, -0.1) is 0 Å². The summed E-state index contributed by atoms with van der Waals surface area (Å²) in [4.78, 5) is 12.0. The zero-order valence-electron chi connectivity index (χ0n) is 13.1. The minimum atomic E-state index is 0.0690. The molecular weight excluding hydrogens is 286 g/mol. The molecule has 0 aromatic heterocycles. The van der Waals surface area contributed by atoms with Gasteiger partial charge in [-0.25, -0.2) is 0 Å². The molecule has 0 heterocycles. The molecule has 118 valence electrons. The fraction of sp³-hybridized carbons (Fsp3) is 0.250. The van der Waals surface area contributed by atoms with E-state index in [4.69, 9.17) is 4.74 Å². The summed E-state index contributed by atoms with van der Waals surface area (Å²) in [5.74, 6) is 1.26. The average molecular weight is 307 g/mol. The van der Waals surface area contributed by atoms with Crippen molar-refractivity contribution < 1.29 is 9.53 Å². The van der Waals surface area contributed by atoms with Crippen LogP contribution in [0.1, 0.15) is 24.8 Å². The van der Waals surface area contributed by atoms with Crippen LogP contribution in [0.5, 0.6) is 5.75 Å². The Morgan fingerprint density at radius 3 is 2.57 bits per heavy atom. The van der Waals surface area contributed by atoms with E-state index in [0.717, 1.165) is 29.8 Å². The first-order valence-corrected chi connectivity index (χ1v) is 8.03. The lowest BCUT2D eigenvalue weighted by Gasteiger charge is -2.10. The fourth-order valence-electron chi connectivity index (χ4n) is 2.69. The molecule has 0 unspecified atom stereocenters. The lowest BCUT2D eigenvalue weighted by atomic mass is 10.1. The van der Waals surface area contributed by atoms with E-state index in [9.17, 15) is 4.79 Å². The highest BCUT2D eigenvalue weighted by molar-refractivity contribution is 5.91. The first-order chi connectivity index (χ1) is 11.3. The maximum absolute atomic E-state index is 12.0. The molecule has 1 N–H and O–H groups in total. The van der Waals surface area contributed by atoms with E-state index < -0.39 is 0 Å². The van der Waals surface area contributed by atoms with E-state index in [2.05, 4.69) is 17.5 Å². The van der Waals surface area contributed by atoms with E-state index in [1.807, 2.05) is 54.6 Å². The molecule has 23 heavy (non-hydrogen) atoms. The van der Waals surface area contributed by atoms with Crippen LogP contribution in [0.25, 0.3) is 0 Å². The van der Waals surface area contributed by atoms with Crippen LogP contribution in [0.4, 0.5) is 5.69 Å². The van der Waals surface area contributed by atoms with Gasteiger partial charge in [0, 0.05) is 12.1 Å². The van der Waals surface area contributed by atoms with Gasteiger partial charge in [-0.05, 0) is 48.6 Å². The third kappa shape index (κ3) is 4.71. The van der Waals surface area contributed by atoms with Crippen molar-refractivity contribution >= 4 is 11.6 Å². The number of rotatable bonds is 6. The fourth-order valence-corrected chi connectivity index (χ4v) is 2.69. The Hall–Kier alpha value is -2.55. The van der Waals surface area contributed by atoms with Gasteiger partial charge in [0.15, 0.2) is 0 Å². The Labute approximate surface area is 137 Å². The number of carbonyl (C=O) groups excluding carboxylic acids is 1. The highest BCUT2D eigenvalue weighted by Gasteiger charge is 2.13. The van der Waals surface area contributed by atoms with Gasteiger partial charge in [0.1, 0.15) is 12.4 Å². The Bertz CT molecular complexity index is 662. The van der Waals surface area contributed by atoms with Crippen LogP contribution in [0.3, 0.4) is 0 Å². The van der Waals surface area contributed by atoms with E-state index in [-0.39, 0.29) is 5.91 Å². The molecule has 0 bridgehead atoms. The summed E-state index contributed by atoms with van der Waals surface area (Å²) in [5.41, 5.74) is 1.94. The molecule has 0 fully saturated rings. The lowest BCUT2D eigenvalue weighted by Crippen LogP contribution is -2.14. The average Bonchev–Trinajstić information content (AvgIpc) is 3.08. The Morgan fingerprint density at radius 2 is 1.87 bits per heavy atom. The quantitative estimate of drug-likeness (QED) is 0.794. The van der Waals surface area contributed by atoms with Crippen molar-refractivity contribution in [3.05, 3.63) is 72.3 Å². The topological polar surface area (TPSA) is 38.3 Å². The number of ether oxygens (including phenoxy) is 1. The molecule has 2 aromatic carbocycles. The van der Waals surface area contributed by atoms with Gasteiger partial charge in [-0.3, -0.25) is 4.79 Å². The molecule has 1 amide bonds. The second kappa shape index (κ2) is 7.63. The van der Waals surface area contributed by atoms with Gasteiger partial charge in [0.25, 0.3) is 0 Å². The van der Waals surface area contributed by atoms with Crippen molar-refractivity contribution in [1.29, 1.82) is 0 Å². The minimum Gasteiger partial charge on any atom is -0.489 e. The van der Waals surface area contributed by atoms with Crippen LogP contribution in [0, 0.1) is 5.92 Å². The van der Waals surface area contributed by atoms with Crippen molar-refractivity contribution in [2.75, 3.05) is 5.32 Å². The second-order valence-corrected chi connectivity index (χ2v) is 5.82. The van der Waals surface area contributed by atoms with Crippen LogP contribution in [-0.2, 0) is 11.4 Å². The van der Waals surface area contributed by atoms with Crippen molar-refractivity contribution in [3.63, 3.8) is 0 Å². The highest BCUT2D eigenvalue weighted by atomic mass is 16.5. The van der Waals surface area contributed by atoms with Crippen molar-refractivity contribution in [3.8, 4) is 5.75 Å². The molecule has 3 nitrogen and oxygen atoms in total. The maximum atomic E-state index is 12.0. The maximum Gasteiger partial charge on any atom is 0.224 e. The molecule has 0 saturated carbocycles. The van der Waals surface area contributed by atoms with Crippen molar-refractivity contribution in [1.82, 2.24) is 0 Å². The number of anilines is 1. The zero-order valence-corrected chi connectivity index (χ0v) is 13.1. The number of benzene rings is 2. The number of nitrogens with one attached hydrogen (secondary N) is 1. The molecule has 0 radical (unpaired) electrons. The van der Waals surface area contributed by atoms with Crippen molar-refractivity contribution in [2.45, 2.75) is 25.9 Å². The SMILES string of the molecule is O=C(C[C@@H]1C=CCC1)Nc1ccc(OCc2ccccc2)cc1. The summed E-state index contributed by atoms with van der Waals surface area (Å²) in [5, 5.41) is 2.94. The smallest absolute Gasteiger partial charge is 0.224 e. The Morgan fingerprint density at radius 1 is 1.09 bits per heavy atom. The number of amides is 1. The van der Waals surface area contributed by atoms with E-state index in [1.165, 1.54) is 0 Å². The van der Waals surface area contributed by atoms with Gasteiger partial charge in [-0.2, -0.15) is 0 Å². The number of carbonyl (C=O) groups is 1. The molecule has 0 aliphatic heterocycles. The van der Waals surface area contributed by atoms with Gasteiger partial charge >= 0.3 is 0 Å². The van der Waals surface area contributed by atoms with Crippen LogP contribution in [-0.4, -0.2) is 5.91 Å². The minimum absolute atomic E-state index is 0.0690. The Kier molecular flexibility index (Phi) is 5.09. The summed E-state index contributed by atoms with van der Waals surface area (Å²) < 4.78 is 5.74. The monoisotopic (exact) mass is 307 g/mol. The number of allylic oxidation sites excluding steroid dienone is 2. The van der Waals surface area contributed by atoms with Gasteiger partial charge < -0.3 is 10.1 Å². The first kappa shape index (κ1) is 15.3. The van der Waals surface area contributed by atoms with Gasteiger partial charge in [0.2, 0.25) is 5.91 Å². The molecule has 1 aliphatic rings. The molecule has 1 aliphatic carbocycles. The van der Waals surface area contributed by atoms with Gasteiger partial charge in [-0.1, -0.05) is 42.5 Å². The zero-order chi connectivity index (χ0) is 15.9. The predicted molar refractivity (Wildman–Crippen MR) is 92.3 cm³/mol. The normalized spacial score (nSPS) is 16.3. The van der Waals surface area contributed by atoms with Crippen LogP contribution in [0.15, 0.2) is 66.7 Å². The third-order valence-electron chi connectivity index (χ3n) is 3.95. The molecule has 3 heteroatoms. The molecule has 2 aromatic rings. The highest BCUT2D eigenvalue weighted by Crippen LogP contribution is 2.22. The summed E-state index contributed by atoms with van der Waals surface area (Å²) in [6.07, 6.45) is 7.02. The molecule has 3 rings (SSSR count). The van der Waals surface area contributed by atoms with E-state index in [0.29, 0.717) is 18.9 Å². The molecule has 0 saturated heterocycles. The molecular formula is C20H21NO2. The summed E-state index contributed by atoms with van der Waals surface area (Å²) in [7, 11) is 0. The number of hydrogen-bond acceptors (Lipinski definition) is 2. The van der Waals surface area contributed by atoms with Crippen LogP contribution >= 0.6 is 0 Å². The molecule has 1 atom stereocenters. The van der Waals surface area contributed by atoms with E-state index >= 15 is 0 Å². The van der Waals surface area contributed by atoms with Crippen LogP contribution in [0.2, 0.25) is 0 Å². The number of hydrogen-bond donors (Lipinski definition) is 1. The van der Waals surface area contributed by atoms with Crippen molar-refractivity contribution in [2.24, 2.45) is 5.92 Å². The molecule has 0 spiro atoms. The lowest BCUT2D eigenvalue weighted by molar-refractivity contribution is -0.116. The first-order valence-electron chi connectivity index (χ1n) is 8.03. The van der Waals surface area contributed by atoms with Crippen LogP contribution < -0.4 is 10.1 Å². The Balaban J connectivity index is 1.48. The largest absolute Gasteiger partial charge is 0.489 e. The second-order valence-electron chi connectivity index (χ2n) is 5.82. The summed E-state index contributed by atoms with van der Waals surface area (Å²) in [6.45, 7) is 0.542.